The zero-order valence-electron chi connectivity index (χ0n) is 17.9. The maximum absolute atomic E-state index is 12.5. The molecule has 6 nitrogen and oxygen atoms in total. The van der Waals surface area contributed by atoms with Crippen molar-refractivity contribution in [3.63, 3.8) is 0 Å². The van der Waals surface area contributed by atoms with Crippen LogP contribution in [0.2, 0.25) is 0 Å². The molecule has 0 spiro atoms. The highest BCUT2D eigenvalue weighted by atomic mass is 16.5. The molecule has 156 valence electrons. The summed E-state index contributed by atoms with van der Waals surface area (Å²) in [4.78, 5) is 26.8. The lowest BCUT2D eigenvalue weighted by atomic mass is 9.78. The van der Waals surface area contributed by atoms with Crippen molar-refractivity contribution < 1.29 is 14.3 Å². The van der Waals surface area contributed by atoms with Crippen LogP contribution in [-0.4, -0.2) is 38.1 Å². The SMILES string of the molecule is C[C@@H]1[C@@H](C)CCC[C@H]1NC(=O)[C@@H](C)OC(=O)/C(C#N)=C/c1ccc(N(C)C)cc1. The predicted octanol–water partition coefficient (Wildman–Crippen LogP) is 3.53. The summed E-state index contributed by atoms with van der Waals surface area (Å²) >= 11 is 0. The molecule has 0 aromatic heterocycles. The van der Waals surface area contributed by atoms with Crippen LogP contribution in [0.4, 0.5) is 5.69 Å². The predicted molar refractivity (Wildman–Crippen MR) is 114 cm³/mol. The van der Waals surface area contributed by atoms with Crippen molar-refractivity contribution in [1.82, 2.24) is 5.32 Å². The molecule has 29 heavy (non-hydrogen) atoms. The number of amides is 1. The number of esters is 1. The molecule has 2 rings (SSSR count). The lowest BCUT2D eigenvalue weighted by Crippen LogP contribution is -2.47. The second-order valence-electron chi connectivity index (χ2n) is 8.09. The molecule has 1 saturated carbocycles. The van der Waals surface area contributed by atoms with Crippen molar-refractivity contribution in [3.8, 4) is 6.07 Å². The van der Waals surface area contributed by atoms with Gasteiger partial charge in [0.2, 0.25) is 0 Å². The van der Waals surface area contributed by atoms with Gasteiger partial charge in [0.1, 0.15) is 11.6 Å². The maximum Gasteiger partial charge on any atom is 0.349 e. The largest absolute Gasteiger partial charge is 0.448 e. The van der Waals surface area contributed by atoms with E-state index in [2.05, 4.69) is 19.2 Å². The minimum absolute atomic E-state index is 0.0913. The molecule has 1 fully saturated rings. The molecule has 1 aromatic rings. The normalized spacial score (nSPS) is 22.9. The van der Waals surface area contributed by atoms with E-state index in [0.717, 1.165) is 18.5 Å². The molecule has 1 amide bonds. The van der Waals surface area contributed by atoms with E-state index in [0.29, 0.717) is 17.4 Å². The van der Waals surface area contributed by atoms with Crippen LogP contribution in [0.3, 0.4) is 0 Å². The van der Waals surface area contributed by atoms with E-state index in [-0.39, 0.29) is 17.5 Å². The molecule has 4 atom stereocenters. The Morgan fingerprint density at radius 3 is 2.48 bits per heavy atom. The van der Waals surface area contributed by atoms with Gasteiger partial charge < -0.3 is 15.0 Å². The van der Waals surface area contributed by atoms with E-state index in [1.165, 1.54) is 19.4 Å². The number of hydrogen-bond acceptors (Lipinski definition) is 5. The molecule has 0 unspecified atom stereocenters. The van der Waals surface area contributed by atoms with Crippen molar-refractivity contribution in [1.29, 1.82) is 5.26 Å². The van der Waals surface area contributed by atoms with Gasteiger partial charge in [0.15, 0.2) is 6.10 Å². The van der Waals surface area contributed by atoms with Gasteiger partial charge in [0, 0.05) is 25.8 Å². The van der Waals surface area contributed by atoms with E-state index < -0.39 is 12.1 Å². The number of anilines is 1. The molecule has 1 aromatic carbocycles. The zero-order chi connectivity index (χ0) is 21.6. The maximum atomic E-state index is 12.5. The average Bonchev–Trinajstić information content (AvgIpc) is 2.69. The number of hydrogen-bond donors (Lipinski definition) is 1. The summed E-state index contributed by atoms with van der Waals surface area (Å²) in [7, 11) is 3.87. The van der Waals surface area contributed by atoms with Crippen LogP contribution in [0.25, 0.3) is 6.08 Å². The van der Waals surface area contributed by atoms with Crippen LogP contribution in [0.5, 0.6) is 0 Å². The molecule has 1 aliphatic rings. The summed E-state index contributed by atoms with van der Waals surface area (Å²) in [5.74, 6) is -0.178. The molecule has 0 aliphatic heterocycles. The summed E-state index contributed by atoms with van der Waals surface area (Å²) in [5.41, 5.74) is 1.59. The molecular formula is C23H31N3O3. The quantitative estimate of drug-likeness (QED) is 0.451. The highest BCUT2D eigenvalue weighted by Crippen LogP contribution is 2.29. The van der Waals surface area contributed by atoms with Crippen molar-refractivity contribution in [2.24, 2.45) is 11.8 Å². The second kappa shape index (κ2) is 10.1. The van der Waals surface area contributed by atoms with E-state index in [4.69, 9.17) is 4.74 Å². The van der Waals surface area contributed by atoms with E-state index in [1.54, 1.807) is 0 Å². The summed E-state index contributed by atoms with van der Waals surface area (Å²) in [6.45, 7) is 5.87. The number of benzene rings is 1. The lowest BCUT2D eigenvalue weighted by molar-refractivity contribution is -0.151. The first kappa shape index (κ1) is 22.5. The van der Waals surface area contributed by atoms with Crippen LogP contribution in [0, 0.1) is 23.2 Å². The number of ether oxygens (including phenoxy) is 1. The van der Waals surface area contributed by atoms with E-state index in [9.17, 15) is 14.9 Å². The third-order valence-electron chi connectivity index (χ3n) is 5.75. The fourth-order valence-corrected chi connectivity index (χ4v) is 3.54. The van der Waals surface area contributed by atoms with Gasteiger partial charge in [-0.15, -0.1) is 0 Å². The topological polar surface area (TPSA) is 82.4 Å². The van der Waals surface area contributed by atoms with Crippen LogP contribution >= 0.6 is 0 Å². The van der Waals surface area contributed by atoms with Crippen molar-refractivity contribution in [2.75, 3.05) is 19.0 Å². The smallest absolute Gasteiger partial charge is 0.349 e. The second-order valence-corrected chi connectivity index (χ2v) is 8.09. The fourth-order valence-electron chi connectivity index (χ4n) is 3.54. The fraction of sp³-hybridized carbons (Fsp3) is 0.522. The van der Waals surface area contributed by atoms with Crippen molar-refractivity contribution in [2.45, 2.75) is 52.2 Å². The summed E-state index contributed by atoms with van der Waals surface area (Å²) in [6.07, 6.45) is 3.70. The Balaban J connectivity index is 1.99. The Morgan fingerprint density at radius 1 is 1.24 bits per heavy atom. The first-order chi connectivity index (χ1) is 13.7. The van der Waals surface area contributed by atoms with Crippen LogP contribution in [-0.2, 0) is 14.3 Å². The van der Waals surface area contributed by atoms with Gasteiger partial charge in [-0.05, 0) is 49.0 Å². The lowest BCUT2D eigenvalue weighted by Gasteiger charge is -2.35. The minimum Gasteiger partial charge on any atom is -0.448 e. The highest BCUT2D eigenvalue weighted by molar-refractivity contribution is 5.99. The third-order valence-corrected chi connectivity index (χ3v) is 5.75. The molecular weight excluding hydrogens is 366 g/mol. The van der Waals surface area contributed by atoms with Crippen LogP contribution in [0.15, 0.2) is 29.8 Å². The number of carbonyl (C=O) groups is 2. The number of carbonyl (C=O) groups excluding carboxylic acids is 2. The standard InChI is InChI=1S/C23H31N3O3/c1-15-7-6-8-21(16(15)2)25-22(27)17(3)29-23(28)19(14-24)13-18-9-11-20(12-10-18)26(4)5/h9-13,15-17,21H,6-8H2,1-5H3,(H,25,27)/b19-13+/t15-,16+,17+,21+/m0/s1. The van der Waals surface area contributed by atoms with Gasteiger partial charge in [-0.3, -0.25) is 4.79 Å². The Hall–Kier alpha value is -2.81. The van der Waals surface area contributed by atoms with E-state index >= 15 is 0 Å². The summed E-state index contributed by atoms with van der Waals surface area (Å²) < 4.78 is 5.25. The number of nitrogens with zero attached hydrogens (tertiary/aromatic N) is 2. The Bertz CT molecular complexity index is 793. The molecule has 0 saturated heterocycles. The Labute approximate surface area is 173 Å². The number of nitriles is 1. The minimum atomic E-state index is -0.959. The molecule has 0 heterocycles. The highest BCUT2D eigenvalue weighted by Gasteiger charge is 2.30. The average molecular weight is 398 g/mol. The molecule has 0 bridgehead atoms. The summed E-state index contributed by atoms with van der Waals surface area (Å²) in [5, 5.41) is 12.4. The first-order valence-corrected chi connectivity index (χ1v) is 10.1. The zero-order valence-corrected chi connectivity index (χ0v) is 17.9. The molecule has 6 heteroatoms. The monoisotopic (exact) mass is 397 g/mol. The van der Waals surface area contributed by atoms with Gasteiger partial charge in [-0.1, -0.05) is 38.8 Å². The van der Waals surface area contributed by atoms with Gasteiger partial charge in [0.05, 0.1) is 0 Å². The van der Waals surface area contributed by atoms with Gasteiger partial charge >= 0.3 is 5.97 Å². The van der Waals surface area contributed by atoms with E-state index in [1.807, 2.05) is 49.3 Å². The first-order valence-electron chi connectivity index (χ1n) is 10.1. The van der Waals surface area contributed by atoms with Crippen LogP contribution < -0.4 is 10.2 Å². The van der Waals surface area contributed by atoms with Crippen molar-refractivity contribution >= 4 is 23.6 Å². The number of rotatable bonds is 6. The molecule has 1 aliphatic carbocycles. The third kappa shape index (κ3) is 6.08. The molecule has 1 N–H and O–H groups in total. The van der Waals surface area contributed by atoms with Gasteiger partial charge in [-0.2, -0.15) is 5.26 Å². The Morgan fingerprint density at radius 2 is 1.90 bits per heavy atom. The van der Waals surface area contributed by atoms with Gasteiger partial charge in [0.25, 0.3) is 5.91 Å². The van der Waals surface area contributed by atoms with Crippen LogP contribution in [0.1, 0.15) is 45.6 Å². The van der Waals surface area contributed by atoms with Gasteiger partial charge in [-0.25, -0.2) is 4.79 Å². The Kier molecular flexibility index (Phi) is 7.83. The number of nitrogens with one attached hydrogen (secondary N) is 1. The van der Waals surface area contributed by atoms with Crippen molar-refractivity contribution in [3.05, 3.63) is 35.4 Å². The summed E-state index contributed by atoms with van der Waals surface area (Å²) in [6, 6.07) is 9.40. The molecule has 0 radical (unpaired) electrons.